The number of rotatable bonds is 5. The average molecular weight is 517 g/mol. The first-order chi connectivity index (χ1) is 16.2. The highest BCUT2D eigenvalue weighted by molar-refractivity contribution is 9.10. The van der Waals surface area contributed by atoms with Crippen LogP contribution >= 0.6 is 23.0 Å². The lowest BCUT2D eigenvalue weighted by Gasteiger charge is -2.26. The molecule has 0 unspecified atom stereocenters. The monoisotopic (exact) mass is 516 g/mol. The number of halogens is 1. The average Bonchev–Trinajstić information content (AvgIpc) is 3.22. The molecule has 5 rings (SSSR count). The summed E-state index contributed by atoms with van der Waals surface area (Å²) in [4.78, 5) is 12.0. The van der Waals surface area contributed by atoms with E-state index in [1.807, 2.05) is 42.5 Å². The molecule has 0 radical (unpaired) electrons. The molecule has 0 fully saturated rings. The van der Waals surface area contributed by atoms with E-state index >= 15 is 0 Å². The van der Waals surface area contributed by atoms with E-state index in [4.69, 9.17) is 9.27 Å². The molecule has 1 N–H and O–H groups in total. The summed E-state index contributed by atoms with van der Waals surface area (Å²) < 4.78 is 12.4. The van der Waals surface area contributed by atoms with Gasteiger partial charge in [0.05, 0.1) is 7.05 Å². The Balaban J connectivity index is 1.92. The Bertz CT molecular complexity index is 1390. The molecule has 4 aromatic carbocycles. The second kappa shape index (κ2) is 9.18. The van der Waals surface area contributed by atoms with Crippen molar-refractivity contribution in [1.29, 1.82) is 0 Å². The van der Waals surface area contributed by atoms with Crippen LogP contribution in [0.4, 0.5) is 5.69 Å². The van der Waals surface area contributed by atoms with Crippen LogP contribution < -0.4 is 26.2 Å². The topological polar surface area (TPSA) is 62.2 Å². The molecule has 1 aromatic heterocycles. The maximum atomic E-state index is 12.0. The highest BCUT2D eigenvalue weighted by Gasteiger charge is 2.30. The van der Waals surface area contributed by atoms with E-state index in [1.165, 1.54) is 0 Å². The number of aromatic amines is 1. The molecule has 33 heavy (non-hydrogen) atoms. The molecule has 0 aliphatic heterocycles. The van der Waals surface area contributed by atoms with E-state index in [0.29, 0.717) is 5.69 Å². The molecular formula is C26H20BrN3O2P+. The summed E-state index contributed by atoms with van der Waals surface area (Å²) >= 11 is 3.33. The van der Waals surface area contributed by atoms with Gasteiger partial charge in [-0.3, -0.25) is 4.52 Å². The molecule has 0 atom stereocenters. The van der Waals surface area contributed by atoms with Crippen LogP contribution in [0.25, 0.3) is 5.69 Å². The van der Waals surface area contributed by atoms with Crippen molar-refractivity contribution < 1.29 is 9.20 Å². The second-order valence-electron chi connectivity index (χ2n) is 7.34. The molecule has 0 saturated carbocycles. The number of H-pyrrole nitrogens is 1. The van der Waals surface area contributed by atoms with Gasteiger partial charge in [-0.2, -0.15) is 0 Å². The van der Waals surface area contributed by atoms with Gasteiger partial charge in [-0.15, -0.1) is 0 Å². The van der Waals surface area contributed by atoms with Gasteiger partial charge >= 0.3 is 10.2 Å². The summed E-state index contributed by atoms with van der Waals surface area (Å²) in [5, 5.41) is 6.09. The Morgan fingerprint density at radius 1 is 0.697 bits per heavy atom. The minimum absolute atomic E-state index is 0.271. The standard InChI is InChI=1S/C26H19BrN3O2P/c27-25-26(31)32-29-30(25)24-19-11-10-18-23(24)28-33(20-12-4-1-5-13-20,21-14-6-2-7-15-21)22-16-8-3-9-17-22/h1-19H/p+1. The summed E-state index contributed by atoms with van der Waals surface area (Å²) in [6, 6.07) is 38.9. The minimum atomic E-state index is -2.46. The molecule has 0 spiro atoms. The minimum Gasteiger partial charge on any atom is -0.282 e. The Morgan fingerprint density at radius 2 is 1.15 bits per heavy atom. The van der Waals surface area contributed by atoms with Crippen LogP contribution in [0.1, 0.15) is 0 Å². The third-order valence-electron chi connectivity index (χ3n) is 5.36. The molecule has 162 valence electrons. The Hall–Kier alpha value is -3.47. The summed E-state index contributed by atoms with van der Waals surface area (Å²) in [7, 11) is -2.46. The lowest BCUT2D eigenvalue weighted by molar-refractivity contribution is -0.679. The van der Waals surface area contributed by atoms with Gasteiger partial charge in [-0.1, -0.05) is 103 Å². The van der Waals surface area contributed by atoms with Crippen molar-refractivity contribution in [2.45, 2.75) is 0 Å². The molecule has 1 heterocycles. The highest BCUT2D eigenvalue weighted by Crippen LogP contribution is 2.49. The maximum Gasteiger partial charge on any atom is 0.442 e. The van der Waals surface area contributed by atoms with Crippen LogP contribution in [-0.2, 0) is 0 Å². The summed E-state index contributed by atoms with van der Waals surface area (Å²) in [5.74, 6) is 0. The largest absolute Gasteiger partial charge is 0.442 e. The van der Waals surface area contributed by atoms with E-state index in [1.54, 1.807) is 4.68 Å². The number of aromatic nitrogens is 2. The molecule has 0 saturated heterocycles. The Morgan fingerprint density at radius 3 is 1.61 bits per heavy atom. The van der Waals surface area contributed by atoms with Crippen LogP contribution in [-0.4, -0.2) is 5.27 Å². The fourth-order valence-corrected chi connectivity index (χ4v) is 7.75. The number of hydrogen-bond acceptors (Lipinski definition) is 3. The van der Waals surface area contributed by atoms with Crippen molar-refractivity contribution in [2.75, 3.05) is 0 Å². The second-order valence-corrected chi connectivity index (χ2v) is 11.1. The predicted octanol–water partition coefficient (Wildman–Crippen LogP) is 4.82. The van der Waals surface area contributed by atoms with E-state index in [2.05, 4.69) is 94.0 Å². The third-order valence-corrected chi connectivity index (χ3v) is 9.69. The van der Waals surface area contributed by atoms with Gasteiger partial charge in [0.15, 0.2) is 0 Å². The summed E-state index contributed by atoms with van der Waals surface area (Å²) in [6.45, 7) is 0. The predicted molar refractivity (Wildman–Crippen MR) is 136 cm³/mol. The number of nitrogens with zero attached hydrogens (tertiary/aromatic N) is 2. The number of benzene rings is 4. The van der Waals surface area contributed by atoms with Crippen molar-refractivity contribution in [2.24, 2.45) is 4.74 Å². The van der Waals surface area contributed by atoms with Gasteiger partial charge in [0.2, 0.25) is 0 Å². The lowest BCUT2D eigenvalue weighted by Crippen LogP contribution is -2.35. The number of para-hydroxylation sites is 1. The Labute approximate surface area is 199 Å². The van der Waals surface area contributed by atoms with Crippen LogP contribution in [0.2, 0.25) is 0 Å². The smallest absolute Gasteiger partial charge is 0.282 e. The van der Waals surface area contributed by atoms with E-state index in [9.17, 15) is 4.79 Å². The SMILES string of the molecule is O=c1o[nH][n+](-c2ccccc2N=P(c2ccccc2)(c2ccccc2)c2ccccc2)c1Br. The van der Waals surface area contributed by atoms with Crippen molar-refractivity contribution in [3.8, 4) is 5.69 Å². The van der Waals surface area contributed by atoms with Crippen molar-refractivity contribution in [1.82, 2.24) is 5.27 Å². The Kier molecular flexibility index (Phi) is 5.95. The van der Waals surface area contributed by atoms with Crippen molar-refractivity contribution >= 4 is 44.6 Å². The van der Waals surface area contributed by atoms with Gasteiger partial charge < -0.3 is 0 Å². The highest BCUT2D eigenvalue weighted by atomic mass is 79.9. The number of nitrogens with one attached hydrogen (secondary N) is 1. The van der Waals surface area contributed by atoms with Crippen LogP contribution in [0.5, 0.6) is 0 Å². The lowest BCUT2D eigenvalue weighted by atomic mass is 10.3. The zero-order valence-electron chi connectivity index (χ0n) is 17.5. The molecule has 0 aliphatic rings. The quantitative estimate of drug-likeness (QED) is 0.269. The van der Waals surface area contributed by atoms with E-state index in [0.717, 1.165) is 21.6 Å². The van der Waals surface area contributed by atoms with Crippen LogP contribution in [0.15, 0.2) is 134 Å². The van der Waals surface area contributed by atoms with Gasteiger partial charge in [0.1, 0.15) is 5.69 Å². The van der Waals surface area contributed by atoms with Gasteiger partial charge in [0.25, 0.3) is 5.69 Å². The van der Waals surface area contributed by atoms with Crippen LogP contribution in [0, 0.1) is 0 Å². The van der Waals surface area contributed by atoms with E-state index in [-0.39, 0.29) is 4.60 Å². The van der Waals surface area contributed by atoms with Crippen molar-refractivity contribution in [3.05, 3.63) is 130 Å². The van der Waals surface area contributed by atoms with E-state index < -0.39 is 12.7 Å². The fraction of sp³-hybridized carbons (Fsp3) is 0. The molecule has 0 amide bonds. The van der Waals surface area contributed by atoms with Gasteiger partial charge in [0, 0.05) is 37.9 Å². The van der Waals surface area contributed by atoms with Gasteiger partial charge in [-0.25, -0.2) is 9.54 Å². The van der Waals surface area contributed by atoms with Gasteiger partial charge in [-0.05, 0) is 16.0 Å². The fourth-order valence-electron chi connectivity index (χ4n) is 3.87. The maximum absolute atomic E-state index is 12.0. The molecule has 0 bridgehead atoms. The number of hydrogen-bond donors (Lipinski definition) is 1. The molecule has 0 aliphatic carbocycles. The molecular weight excluding hydrogens is 497 g/mol. The molecule has 5 aromatic rings. The summed E-state index contributed by atoms with van der Waals surface area (Å²) in [6.07, 6.45) is 0. The zero-order valence-corrected chi connectivity index (χ0v) is 20.0. The van der Waals surface area contributed by atoms with Crippen LogP contribution in [0.3, 0.4) is 0 Å². The summed E-state index contributed by atoms with van der Waals surface area (Å²) in [5.41, 5.74) is 0.965. The normalized spacial score (nSPS) is 11.3. The zero-order chi connectivity index (χ0) is 22.7. The first-order valence-corrected chi connectivity index (χ1v) is 12.9. The first kappa shape index (κ1) is 21.4. The van der Waals surface area contributed by atoms with Crippen molar-refractivity contribution in [3.63, 3.8) is 0 Å². The molecule has 5 nitrogen and oxygen atoms in total. The molecule has 7 heteroatoms. The first-order valence-electron chi connectivity index (χ1n) is 10.4. The third kappa shape index (κ3) is 3.92.